The molecule has 0 aliphatic carbocycles. The minimum absolute atomic E-state index is 0.108. The number of carbonyl (C=O) groups excluding carboxylic acids is 1. The number of thiazole rings is 1. The lowest BCUT2D eigenvalue weighted by molar-refractivity contribution is 0.0942. The first-order valence-electron chi connectivity index (χ1n) is 8.74. The van der Waals surface area contributed by atoms with Crippen LogP contribution in [0.1, 0.15) is 34.2 Å². The van der Waals surface area contributed by atoms with E-state index in [1.807, 2.05) is 12.3 Å². The number of aromatic nitrogens is 3. The Morgan fingerprint density at radius 1 is 1.27 bits per heavy atom. The van der Waals surface area contributed by atoms with Gasteiger partial charge in [0.2, 0.25) is 0 Å². The van der Waals surface area contributed by atoms with E-state index in [1.165, 1.54) is 22.6 Å². The van der Waals surface area contributed by atoms with E-state index in [0.717, 1.165) is 26.1 Å². The summed E-state index contributed by atoms with van der Waals surface area (Å²) < 4.78 is 2.11. The van der Waals surface area contributed by atoms with Crippen LogP contribution in [0.2, 0.25) is 0 Å². The van der Waals surface area contributed by atoms with E-state index in [4.69, 9.17) is 0 Å². The molecule has 0 fully saturated rings. The number of nitrogens with zero attached hydrogens (tertiary/aromatic N) is 4. The van der Waals surface area contributed by atoms with E-state index >= 15 is 0 Å². The van der Waals surface area contributed by atoms with Crippen LogP contribution in [-0.4, -0.2) is 38.7 Å². The summed E-state index contributed by atoms with van der Waals surface area (Å²) in [5.74, 6) is -0.108. The fourth-order valence-electron chi connectivity index (χ4n) is 3.41. The Hall–Kier alpha value is -2.51. The van der Waals surface area contributed by atoms with Crippen LogP contribution in [-0.2, 0) is 13.1 Å². The highest BCUT2D eigenvalue weighted by Gasteiger charge is 2.25. The molecule has 1 aliphatic heterocycles. The molecule has 7 heteroatoms. The summed E-state index contributed by atoms with van der Waals surface area (Å²) in [4.78, 5) is 18.5. The first-order chi connectivity index (χ1) is 12.8. The van der Waals surface area contributed by atoms with Gasteiger partial charge in [-0.25, -0.2) is 4.98 Å². The molecule has 6 nitrogen and oxygen atoms in total. The van der Waals surface area contributed by atoms with Crippen LogP contribution in [0, 0.1) is 0 Å². The second kappa shape index (κ2) is 7.80. The third-order valence-corrected chi connectivity index (χ3v) is 5.22. The quantitative estimate of drug-likeness (QED) is 0.728. The van der Waals surface area contributed by atoms with Crippen molar-refractivity contribution in [2.24, 2.45) is 0 Å². The standard InChI is InChI=1S/C19H21N5OS/c25-19(18-13-26-14-21-18)20-8-6-16-11-23(10-15-4-2-1-3-5-15)12-17-7-9-22-24(16)17/h1-5,7,9,13-14,16H,6,8,10-12H2,(H,20,25)/t16-/m0/s1. The summed E-state index contributed by atoms with van der Waals surface area (Å²) in [6, 6.07) is 12.9. The van der Waals surface area contributed by atoms with E-state index in [2.05, 4.69) is 55.3 Å². The van der Waals surface area contributed by atoms with Crippen LogP contribution in [0.5, 0.6) is 0 Å². The summed E-state index contributed by atoms with van der Waals surface area (Å²) in [5, 5.41) is 9.23. The van der Waals surface area contributed by atoms with Gasteiger partial charge < -0.3 is 5.32 Å². The van der Waals surface area contributed by atoms with Crippen LogP contribution < -0.4 is 5.32 Å². The summed E-state index contributed by atoms with van der Waals surface area (Å²) in [5.41, 5.74) is 4.70. The number of nitrogens with one attached hydrogen (secondary N) is 1. The van der Waals surface area contributed by atoms with Gasteiger partial charge in [0, 0.05) is 37.8 Å². The summed E-state index contributed by atoms with van der Waals surface area (Å²) in [7, 11) is 0. The molecular weight excluding hydrogens is 346 g/mol. The molecule has 0 radical (unpaired) electrons. The molecule has 0 bridgehead atoms. The van der Waals surface area contributed by atoms with Gasteiger partial charge in [-0.2, -0.15) is 5.10 Å². The fourth-order valence-corrected chi connectivity index (χ4v) is 3.94. The van der Waals surface area contributed by atoms with Gasteiger partial charge in [0.1, 0.15) is 5.69 Å². The van der Waals surface area contributed by atoms with Crippen LogP contribution in [0.4, 0.5) is 0 Å². The molecule has 134 valence electrons. The van der Waals surface area contributed by atoms with Crippen molar-refractivity contribution in [2.75, 3.05) is 13.1 Å². The monoisotopic (exact) mass is 367 g/mol. The van der Waals surface area contributed by atoms with Crippen molar-refractivity contribution in [1.29, 1.82) is 0 Å². The van der Waals surface area contributed by atoms with Gasteiger partial charge in [0.25, 0.3) is 5.91 Å². The Morgan fingerprint density at radius 2 is 2.15 bits per heavy atom. The van der Waals surface area contributed by atoms with Crippen molar-refractivity contribution in [2.45, 2.75) is 25.6 Å². The number of amides is 1. The molecular formula is C19H21N5OS. The highest BCUT2D eigenvalue weighted by Crippen LogP contribution is 2.24. The largest absolute Gasteiger partial charge is 0.351 e. The fraction of sp³-hybridized carbons (Fsp3) is 0.316. The lowest BCUT2D eigenvalue weighted by Gasteiger charge is -2.34. The predicted octanol–water partition coefficient (Wildman–Crippen LogP) is 2.72. The topological polar surface area (TPSA) is 63.1 Å². The SMILES string of the molecule is O=C(NCC[C@H]1CN(Cc2ccccc2)Cc2ccnn21)c1cscn1. The van der Waals surface area contributed by atoms with Gasteiger partial charge >= 0.3 is 0 Å². The molecule has 1 aromatic carbocycles. The Morgan fingerprint density at radius 3 is 2.96 bits per heavy atom. The molecule has 0 saturated carbocycles. The molecule has 0 spiro atoms. The van der Waals surface area contributed by atoms with E-state index in [0.29, 0.717) is 12.2 Å². The summed E-state index contributed by atoms with van der Waals surface area (Å²) >= 11 is 1.43. The summed E-state index contributed by atoms with van der Waals surface area (Å²) in [6.07, 6.45) is 2.71. The molecule has 4 rings (SSSR count). The molecule has 1 amide bonds. The number of benzene rings is 1. The molecule has 26 heavy (non-hydrogen) atoms. The van der Waals surface area contributed by atoms with Crippen molar-refractivity contribution in [3.63, 3.8) is 0 Å². The molecule has 1 aliphatic rings. The van der Waals surface area contributed by atoms with Gasteiger partial charge in [-0.05, 0) is 18.1 Å². The van der Waals surface area contributed by atoms with Gasteiger partial charge in [-0.1, -0.05) is 30.3 Å². The number of rotatable bonds is 6. The normalized spacial score (nSPS) is 17.0. The molecule has 3 heterocycles. The Labute approximate surface area is 156 Å². The molecule has 1 atom stereocenters. The molecule has 1 N–H and O–H groups in total. The zero-order chi connectivity index (χ0) is 17.8. The first-order valence-corrected chi connectivity index (χ1v) is 9.69. The predicted molar refractivity (Wildman–Crippen MR) is 101 cm³/mol. The Kier molecular flexibility index (Phi) is 5.08. The van der Waals surface area contributed by atoms with Crippen molar-refractivity contribution in [1.82, 2.24) is 25.0 Å². The average Bonchev–Trinajstić information content (AvgIpc) is 3.34. The smallest absolute Gasteiger partial charge is 0.270 e. The molecule has 2 aromatic heterocycles. The highest BCUT2D eigenvalue weighted by atomic mass is 32.1. The maximum Gasteiger partial charge on any atom is 0.270 e. The average molecular weight is 367 g/mol. The summed E-state index contributed by atoms with van der Waals surface area (Å²) in [6.45, 7) is 3.36. The van der Waals surface area contributed by atoms with Crippen molar-refractivity contribution >= 4 is 17.2 Å². The maximum atomic E-state index is 12.0. The van der Waals surface area contributed by atoms with Crippen molar-refractivity contribution in [3.05, 3.63) is 70.4 Å². The lowest BCUT2D eigenvalue weighted by atomic mass is 10.1. The van der Waals surface area contributed by atoms with Gasteiger partial charge in [-0.3, -0.25) is 14.4 Å². The Bertz CT molecular complexity index is 846. The van der Waals surface area contributed by atoms with Crippen molar-refractivity contribution in [3.8, 4) is 0 Å². The zero-order valence-electron chi connectivity index (χ0n) is 14.4. The highest BCUT2D eigenvalue weighted by molar-refractivity contribution is 7.07. The van der Waals surface area contributed by atoms with E-state index in [-0.39, 0.29) is 11.9 Å². The number of hydrogen-bond acceptors (Lipinski definition) is 5. The van der Waals surface area contributed by atoms with Crippen LogP contribution in [0.25, 0.3) is 0 Å². The first kappa shape index (κ1) is 16.9. The van der Waals surface area contributed by atoms with E-state index in [1.54, 1.807) is 10.9 Å². The van der Waals surface area contributed by atoms with Gasteiger partial charge in [0.15, 0.2) is 0 Å². The van der Waals surface area contributed by atoms with Crippen LogP contribution >= 0.6 is 11.3 Å². The second-order valence-electron chi connectivity index (χ2n) is 6.49. The lowest BCUT2D eigenvalue weighted by Crippen LogP contribution is -2.39. The van der Waals surface area contributed by atoms with E-state index in [9.17, 15) is 4.79 Å². The number of fused-ring (bicyclic) bond motifs is 1. The molecule has 0 unspecified atom stereocenters. The third kappa shape index (κ3) is 3.84. The van der Waals surface area contributed by atoms with Gasteiger partial charge in [-0.15, -0.1) is 11.3 Å². The number of carbonyl (C=O) groups is 1. The van der Waals surface area contributed by atoms with E-state index < -0.39 is 0 Å². The third-order valence-electron chi connectivity index (χ3n) is 4.63. The zero-order valence-corrected chi connectivity index (χ0v) is 15.2. The minimum atomic E-state index is -0.108. The number of hydrogen-bond donors (Lipinski definition) is 1. The maximum absolute atomic E-state index is 12.0. The molecule has 3 aromatic rings. The van der Waals surface area contributed by atoms with Crippen molar-refractivity contribution < 1.29 is 4.79 Å². The van der Waals surface area contributed by atoms with Crippen LogP contribution in [0.3, 0.4) is 0 Å². The Balaban J connectivity index is 1.38. The second-order valence-corrected chi connectivity index (χ2v) is 7.21. The molecule has 0 saturated heterocycles. The minimum Gasteiger partial charge on any atom is -0.351 e. The van der Waals surface area contributed by atoms with Gasteiger partial charge in [0.05, 0.1) is 17.2 Å². The van der Waals surface area contributed by atoms with Crippen LogP contribution in [0.15, 0.2) is 53.5 Å².